The number of nitriles is 1. The number of carbonyl (C=O) groups is 1. The van der Waals surface area contributed by atoms with E-state index in [-0.39, 0.29) is 23.3 Å². The molecular weight excluding hydrogens is 405 g/mol. The van der Waals surface area contributed by atoms with E-state index in [1.54, 1.807) is 11.9 Å². The molecule has 0 radical (unpaired) electrons. The number of likely N-dealkylation sites (tertiary alicyclic amines) is 2. The SMILES string of the molecule is CC(C)N1C=C(N2CCC(N3CCC(Oc4ccc(C#N)cc4F)C3=O)CC2)SN1. The van der Waals surface area contributed by atoms with Gasteiger partial charge in [-0.3, -0.25) is 4.79 Å². The first-order chi connectivity index (χ1) is 14.5. The lowest BCUT2D eigenvalue weighted by molar-refractivity contribution is -0.136. The molecule has 1 atom stereocenters. The van der Waals surface area contributed by atoms with Crippen LogP contribution in [0.2, 0.25) is 0 Å². The lowest BCUT2D eigenvalue weighted by Gasteiger charge is -2.37. The highest BCUT2D eigenvalue weighted by Crippen LogP contribution is 2.31. The molecule has 2 saturated heterocycles. The van der Waals surface area contributed by atoms with Crippen molar-refractivity contribution in [2.24, 2.45) is 0 Å². The summed E-state index contributed by atoms with van der Waals surface area (Å²) in [5, 5.41) is 12.2. The summed E-state index contributed by atoms with van der Waals surface area (Å²) in [5.41, 5.74) is 0.230. The van der Waals surface area contributed by atoms with Crippen LogP contribution < -0.4 is 9.57 Å². The van der Waals surface area contributed by atoms with Crippen molar-refractivity contribution in [1.82, 2.24) is 19.6 Å². The molecule has 1 aromatic carbocycles. The molecule has 0 aliphatic carbocycles. The molecule has 30 heavy (non-hydrogen) atoms. The van der Waals surface area contributed by atoms with Gasteiger partial charge >= 0.3 is 0 Å². The molecular formula is C21H26FN5O2S. The maximum absolute atomic E-state index is 14.1. The second kappa shape index (κ2) is 8.74. The standard InChI is InChI=1S/C21H26FN5O2S/c1-14(2)27-13-20(30-24-27)25-8-5-16(6-9-25)26-10-7-19(21(26)28)29-18-4-3-15(12-23)11-17(18)22/h3-4,11,13-14,16,19,24H,5-10H2,1-2H3. The van der Waals surface area contributed by atoms with Crippen LogP contribution in [0, 0.1) is 17.1 Å². The molecule has 9 heteroatoms. The molecule has 3 aliphatic heterocycles. The Bertz CT molecular complexity index is 879. The van der Waals surface area contributed by atoms with Crippen LogP contribution in [0.15, 0.2) is 29.4 Å². The van der Waals surface area contributed by atoms with Crippen LogP contribution in [0.3, 0.4) is 0 Å². The number of carbonyl (C=O) groups excluding carboxylic acids is 1. The molecule has 3 heterocycles. The average Bonchev–Trinajstić information content (AvgIpc) is 3.37. The smallest absolute Gasteiger partial charge is 0.263 e. The minimum absolute atomic E-state index is 0.0245. The first kappa shape index (κ1) is 20.8. The van der Waals surface area contributed by atoms with E-state index in [0.717, 1.165) is 32.0 Å². The third kappa shape index (κ3) is 4.20. The van der Waals surface area contributed by atoms with Gasteiger partial charge < -0.3 is 19.5 Å². The van der Waals surface area contributed by atoms with Gasteiger partial charge in [-0.2, -0.15) is 10.1 Å². The van der Waals surface area contributed by atoms with Gasteiger partial charge in [0.2, 0.25) is 0 Å². The lowest BCUT2D eigenvalue weighted by atomic mass is 10.0. The zero-order valence-electron chi connectivity index (χ0n) is 17.2. The van der Waals surface area contributed by atoms with Crippen LogP contribution in [0.1, 0.15) is 38.7 Å². The highest BCUT2D eigenvalue weighted by atomic mass is 32.2. The number of amides is 1. The Morgan fingerprint density at radius 2 is 2.03 bits per heavy atom. The molecule has 0 spiro atoms. The fourth-order valence-corrected chi connectivity index (χ4v) is 4.98. The Kier molecular flexibility index (Phi) is 6.06. The van der Waals surface area contributed by atoms with Crippen molar-refractivity contribution >= 4 is 17.9 Å². The summed E-state index contributed by atoms with van der Waals surface area (Å²) in [4.78, 5) is 20.4. The Balaban J connectivity index is 1.32. The predicted molar refractivity (Wildman–Crippen MR) is 112 cm³/mol. The van der Waals surface area contributed by atoms with Crippen LogP contribution in [-0.4, -0.2) is 58.5 Å². The summed E-state index contributed by atoms with van der Waals surface area (Å²) in [6.45, 7) is 6.71. The van der Waals surface area contributed by atoms with Gasteiger partial charge in [0.05, 0.1) is 11.6 Å². The molecule has 2 fully saturated rings. The zero-order chi connectivity index (χ0) is 21.3. The van der Waals surface area contributed by atoms with Crippen molar-refractivity contribution in [1.29, 1.82) is 5.26 Å². The molecule has 0 aromatic heterocycles. The van der Waals surface area contributed by atoms with Gasteiger partial charge in [0, 0.05) is 44.3 Å². The number of hydrogen-bond donors (Lipinski definition) is 1. The normalized spacial score (nSPS) is 22.6. The van der Waals surface area contributed by atoms with Gasteiger partial charge in [-0.05, 0) is 56.8 Å². The van der Waals surface area contributed by atoms with Crippen LogP contribution >= 0.6 is 11.9 Å². The number of rotatable bonds is 5. The van der Waals surface area contributed by atoms with Crippen molar-refractivity contribution in [3.63, 3.8) is 0 Å². The number of halogens is 1. The molecule has 7 nitrogen and oxygen atoms in total. The first-order valence-electron chi connectivity index (χ1n) is 10.3. The number of hydrogen-bond acceptors (Lipinski definition) is 7. The number of hydrazine groups is 1. The minimum atomic E-state index is -0.664. The lowest BCUT2D eigenvalue weighted by Crippen LogP contribution is -2.46. The van der Waals surface area contributed by atoms with Crippen LogP contribution in [0.25, 0.3) is 0 Å². The number of benzene rings is 1. The monoisotopic (exact) mass is 431 g/mol. The highest BCUT2D eigenvalue weighted by molar-refractivity contribution is 8.01. The van der Waals surface area contributed by atoms with E-state index in [4.69, 9.17) is 10.00 Å². The van der Waals surface area contributed by atoms with E-state index in [9.17, 15) is 9.18 Å². The highest BCUT2D eigenvalue weighted by Gasteiger charge is 2.39. The Hall–Kier alpha value is -2.44. The molecule has 1 amide bonds. The zero-order valence-corrected chi connectivity index (χ0v) is 18.0. The van der Waals surface area contributed by atoms with E-state index >= 15 is 0 Å². The van der Waals surface area contributed by atoms with Crippen molar-refractivity contribution in [3.8, 4) is 11.8 Å². The van der Waals surface area contributed by atoms with Crippen LogP contribution in [0.4, 0.5) is 4.39 Å². The van der Waals surface area contributed by atoms with Gasteiger partial charge in [0.1, 0.15) is 5.03 Å². The average molecular weight is 432 g/mol. The summed E-state index contributed by atoms with van der Waals surface area (Å²) < 4.78 is 19.8. The van der Waals surface area contributed by atoms with E-state index in [0.29, 0.717) is 19.0 Å². The van der Waals surface area contributed by atoms with Gasteiger partial charge in [-0.1, -0.05) is 0 Å². The molecule has 0 bridgehead atoms. The summed E-state index contributed by atoms with van der Waals surface area (Å²) in [7, 11) is 0. The molecule has 4 rings (SSSR count). The van der Waals surface area contributed by atoms with Gasteiger partial charge in [-0.15, -0.1) is 0 Å². The largest absolute Gasteiger partial charge is 0.477 e. The Labute approximate surface area is 180 Å². The van der Waals surface area contributed by atoms with Crippen molar-refractivity contribution in [2.75, 3.05) is 19.6 Å². The third-order valence-corrected chi connectivity index (χ3v) is 6.67. The number of nitrogens with one attached hydrogen (secondary N) is 1. The summed E-state index contributed by atoms with van der Waals surface area (Å²) in [6.07, 6.45) is 3.84. The van der Waals surface area contributed by atoms with E-state index in [2.05, 4.69) is 34.8 Å². The number of piperidine rings is 1. The summed E-state index contributed by atoms with van der Waals surface area (Å²) in [6, 6.07) is 6.53. The summed E-state index contributed by atoms with van der Waals surface area (Å²) >= 11 is 1.63. The fourth-order valence-electron chi connectivity index (χ4n) is 4.04. The number of ether oxygens (including phenoxy) is 1. The molecule has 1 N–H and O–H groups in total. The van der Waals surface area contributed by atoms with Crippen LogP contribution in [-0.2, 0) is 4.79 Å². The van der Waals surface area contributed by atoms with Gasteiger partial charge in [0.25, 0.3) is 5.91 Å². The maximum atomic E-state index is 14.1. The van der Waals surface area contributed by atoms with E-state index < -0.39 is 11.9 Å². The van der Waals surface area contributed by atoms with Gasteiger partial charge in [-0.25, -0.2) is 4.39 Å². The van der Waals surface area contributed by atoms with E-state index in [1.165, 1.54) is 17.2 Å². The van der Waals surface area contributed by atoms with Crippen molar-refractivity contribution in [2.45, 2.75) is 51.3 Å². The third-order valence-electron chi connectivity index (χ3n) is 5.80. The minimum Gasteiger partial charge on any atom is -0.477 e. The fraction of sp³-hybridized carbons (Fsp3) is 0.524. The van der Waals surface area contributed by atoms with Crippen molar-refractivity contribution in [3.05, 3.63) is 40.8 Å². The summed E-state index contributed by atoms with van der Waals surface area (Å²) in [5.74, 6) is -0.657. The Morgan fingerprint density at radius 3 is 2.67 bits per heavy atom. The molecule has 1 unspecified atom stereocenters. The quantitative estimate of drug-likeness (QED) is 0.719. The second-order valence-electron chi connectivity index (χ2n) is 8.06. The molecule has 1 aromatic rings. The first-order valence-corrected chi connectivity index (χ1v) is 11.1. The second-order valence-corrected chi connectivity index (χ2v) is 8.87. The van der Waals surface area contributed by atoms with Gasteiger partial charge in [0.15, 0.2) is 17.7 Å². The van der Waals surface area contributed by atoms with Crippen LogP contribution in [0.5, 0.6) is 5.75 Å². The predicted octanol–water partition coefficient (Wildman–Crippen LogP) is 2.82. The number of nitrogens with zero attached hydrogens (tertiary/aromatic N) is 4. The molecule has 0 saturated carbocycles. The molecule has 160 valence electrons. The Morgan fingerprint density at radius 1 is 1.27 bits per heavy atom. The topological polar surface area (TPSA) is 71.8 Å². The van der Waals surface area contributed by atoms with Crippen molar-refractivity contribution < 1.29 is 13.9 Å². The van der Waals surface area contributed by atoms with E-state index in [1.807, 2.05) is 11.0 Å². The molecule has 3 aliphatic rings. The maximum Gasteiger partial charge on any atom is 0.263 e.